The van der Waals surface area contributed by atoms with E-state index in [-0.39, 0.29) is 0 Å². The van der Waals surface area contributed by atoms with Gasteiger partial charge in [0.25, 0.3) is 0 Å². The predicted octanol–water partition coefficient (Wildman–Crippen LogP) is 3.01. The van der Waals surface area contributed by atoms with E-state index in [0.717, 1.165) is 5.56 Å². The summed E-state index contributed by atoms with van der Waals surface area (Å²) in [6.07, 6.45) is 0. The van der Waals surface area contributed by atoms with Gasteiger partial charge in [0, 0.05) is 5.02 Å². The largest absolute Gasteiger partial charge is 0.225 e. The zero-order valence-corrected chi connectivity index (χ0v) is 7.35. The number of rotatable bonds is 1. The molecule has 1 aromatic rings. The maximum Gasteiger partial charge on any atom is 0.123 e. The minimum Gasteiger partial charge on any atom is -0.225 e. The van der Waals surface area contributed by atoms with Crippen molar-refractivity contribution in [1.29, 1.82) is 0 Å². The van der Waals surface area contributed by atoms with E-state index < -0.39 is 5.60 Å². The first-order valence-electron chi connectivity index (χ1n) is 3.46. The van der Waals surface area contributed by atoms with Gasteiger partial charge < -0.3 is 0 Å². The lowest BCUT2D eigenvalue weighted by Crippen LogP contribution is -2.12. The van der Waals surface area contributed by atoms with Crippen molar-refractivity contribution in [2.24, 2.45) is 0 Å². The zero-order valence-electron chi connectivity index (χ0n) is 6.60. The SMILES string of the molecule is CC(C)([O])c1cccc(Cl)c1. The van der Waals surface area contributed by atoms with E-state index in [1.54, 1.807) is 38.1 Å². The van der Waals surface area contributed by atoms with Crippen molar-refractivity contribution in [3.63, 3.8) is 0 Å². The Hall–Kier alpha value is -0.530. The molecule has 0 aliphatic carbocycles. The van der Waals surface area contributed by atoms with Gasteiger partial charge in [-0.25, -0.2) is 5.11 Å². The average Bonchev–Trinajstić information content (AvgIpc) is 1.86. The Balaban J connectivity index is 3.06. The topological polar surface area (TPSA) is 19.9 Å². The maximum absolute atomic E-state index is 11.4. The summed E-state index contributed by atoms with van der Waals surface area (Å²) >= 11 is 5.71. The Bertz CT molecular complexity index is 250. The molecule has 0 amide bonds. The van der Waals surface area contributed by atoms with Crippen LogP contribution < -0.4 is 0 Å². The monoisotopic (exact) mass is 169 g/mol. The van der Waals surface area contributed by atoms with Gasteiger partial charge in [0.15, 0.2) is 0 Å². The summed E-state index contributed by atoms with van der Waals surface area (Å²) in [4.78, 5) is 0. The molecule has 0 aliphatic heterocycles. The highest BCUT2D eigenvalue weighted by atomic mass is 35.5. The Kier molecular flexibility index (Phi) is 2.21. The normalized spacial score (nSPS) is 11.6. The van der Waals surface area contributed by atoms with Crippen LogP contribution in [0.25, 0.3) is 0 Å². The van der Waals surface area contributed by atoms with E-state index in [1.165, 1.54) is 0 Å². The molecule has 0 N–H and O–H groups in total. The number of hydrogen-bond acceptors (Lipinski definition) is 0. The molecule has 0 atom stereocenters. The maximum atomic E-state index is 11.4. The van der Waals surface area contributed by atoms with E-state index in [1.807, 2.05) is 0 Å². The molecule has 2 heteroatoms. The lowest BCUT2D eigenvalue weighted by molar-refractivity contribution is -0.0000942. The zero-order chi connectivity index (χ0) is 8.48. The molecule has 0 spiro atoms. The molecule has 1 nitrogen and oxygen atoms in total. The van der Waals surface area contributed by atoms with E-state index in [9.17, 15) is 5.11 Å². The summed E-state index contributed by atoms with van der Waals surface area (Å²) in [6.45, 7) is 3.25. The molecule has 1 aromatic carbocycles. The standard InChI is InChI=1S/C9H10ClO/c1-9(2,11)7-4-3-5-8(10)6-7/h3-6H,1-2H3. The third-order valence-corrected chi connectivity index (χ3v) is 1.75. The van der Waals surface area contributed by atoms with Crippen molar-refractivity contribution in [2.45, 2.75) is 19.4 Å². The summed E-state index contributed by atoms with van der Waals surface area (Å²) < 4.78 is 0. The second kappa shape index (κ2) is 2.84. The molecule has 0 bridgehead atoms. The molecule has 0 saturated carbocycles. The first-order valence-corrected chi connectivity index (χ1v) is 3.84. The average molecular weight is 170 g/mol. The second-order valence-corrected chi connectivity index (χ2v) is 3.46. The van der Waals surface area contributed by atoms with Crippen LogP contribution >= 0.6 is 11.6 Å². The van der Waals surface area contributed by atoms with Gasteiger partial charge >= 0.3 is 0 Å². The third kappa shape index (κ3) is 2.21. The van der Waals surface area contributed by atoms with Crippen LogP contribution in [0.2, 0.25) is 5.02 Å². The van der Waals surface area contributed by atoms with Gasteiger partial charge in [0.2, 0.25) is 0 Å². The van der Waals surface area contributed by atoms with Crippen LogP contribution in [0.3, 0.4) is 0 Å². The van der Waals surface area contributed by atoms with Crippen molar-refractivity contribution in [3.8, 4) is 0 Å². The van der Waals surface area contributed by atoms with Gasteiger partial charge in [-0.1, -0.05) is 23.7 Å². The molecule has 0 aromatic heterocycles. The van der Waals surface area contributed by atoms with Gasteiger partial charge in [-0.15, -0.1) is 0 Å². The van der Waals surface area contributed by atoms with E-state index in [0.29, 0.717) is 5.02 Å². The quantitative estimate of drug-likeness (QED) is 0.616. The molecular formula is C9H10ClO. The number of halogens is 1. The molecule has 1 rings (SSSR count). The molecule has 0 fully saturated rings. The smallest absolute Gasteiger partial charge is 0.123 e. The molecule has 0 unspecified atom stereocenters. The molecular weight excluding hydrogens is 160 g/mol. The third-order valence-electron chi connectivity index (χ3n) is 1.52. The highest BCUT2D eigenvalue weighted by molar-refractivity contribution is 6.30. The van der Waals surface area contributed by atoms with Gasteiger partial charge in [0.05, 0.1) is 0 Å². The van der Waals surface area contributed by atoms with Crippen molar-refractivity contribution in [1.82, 2.24) is 0 Å². The van der Waals surface area contributed by atoms with Crippen molar-refractivity contribution < 1.29 is 5.11 Å². The minimum absolute atomic E-state index is 0.617. The number of hydrogen-bond donors (Lipinski definition) is 0. The molecule has 11 heavy (non-hydrogen) atoms. The first kappa shape index (κ1) is 8.57. The van der Waals surface area contributed by atoms with Gasteiger partial charge in [-0.3, -0.25) is 0 Å². The van der Waals surface area contributed by atoms with E-state index in [4.69, 9.17) is 11.6 Å². The minimum atomic E-state index is -1.05. The van der Waals surface area contributed by atoms with Crippen molar-refractivity contribution >= 4 is 11.6 Å². The lowest BCUT2D eigenvalue weighted by atomic mass is 9.99. The molecule has 59 valence electrons. The molecule has 0 saturated heterocycles. The van der Waals surface area contributed by atoms with Gasteiger partial charge in [0.1, 0.15) is 5.60 Å². The summed E-state index contributed by atoms with van der Waals surface area (Å²) in [7, 11) is 0. The van der Waals surface area contributed by atoms with Crippen LogP contribution in [0.5, 0.6) is 0 Å². The fraction of sp³-hybridized carbons (Fsp3) is 0.333. The molecule has 0 heterocycles. The van der Waals surface area contributed by atoms with Crippen LogP contribution in [0.1, 0.15) is 19.4 Å². The molecule has 0 aliphatic rings. The fourth-order valence-corrected chi connectivity index (χ4v) is 1.05. The van der Waals surface area contributed by atoms with Gasteiger partial charge in [-0.2, -0.15) is 0 Å². The Morgan fingerprint density at radius 3 is 2.36 bits per heavy atom. The summed E-state index contributed by atoms with van der Waals surface area (Å²) in [5.41, 5.74) is -0.324. The Morgan fingerprint density at radius 1 is 1.36 bits per heavy atom. The van der Waals surface area contributed by atoms with Crippen LogP contribution in [-0.2, 0) is 10.7 Å². The lowest BCUT2D eigenvalue weighted by Gasteiger charge is -2.14. The van der Waals surface area contributed by atoms with E-state index in [2.05, 4.69) is 0 Å². The first-order chi connectivity index (χ1) is 5.00. The Morgan fingerprint density at radius 2 is 2.00 bits per heavy atom. The highest BCUT2D eigenvalue weighted by Gasteiger charge is 2.17. The van der Waals surface area contributed by atoms with Crippen LogP contribution in [-0.4, -0.2) is 0 Å². The summed E-state index contributed by atoms with van der Waals surface area (Å²) in [6, 6.07) is 7.04. The fourth-order valence-electron chi connectivity index (χ4n) is 0.863. The summed E-state index contributed by atoms with van der Waals surface area (Å²) in [5, 5.41) is 12.0. The van der Waals surface area contributed by atoms with Crippen LogP contribution in [0, 0.1) is 0 Å². The van der Waals surface area contributed by atoms with Crippen molar-refractivity contribution in [2.75, 3.05) is 0 Å². The summed E-state index contributed by atoms with van der Waals surface area (Å²) in [5.74, 6) is 0. The highest BCUT2D eigenvalue weighted by Crippen LogP contribution is 2.22. The van der Waals surface area contributed by atoms with E-state index >= 15 is 0 Å². The van der Waals surface area contributed by atoms with Gasteiger partial charge in [-0.05, 0) is 31.5 Å². The molecule has 1 radical (unpaired) electrons. The van der Waals surface area contributed by atoms with Crippen LogP contribution in [0.4, 0.5) is 0 Å². The van der Waals surface area contributed by atoms with Crippen LogP contribution in [0.15, 0.2) is 24.3 Å². The second-order valence-electron chi connectivity index (χ2n) is 3.02. The predicted molar refractivity (Wildman–Crippen MR) is 45.2 cm³/mol. The van der Waals surface area contributed by atoms with Crippen molar-refractivity contribution in [3.05, 3.63) is 34.9 Å². The Labute approximate surface area is 71.6 Å². The number of benzene rings is 1.